The maximum atomic E-state index is 11.0. The maximum absolute atomic E-state index is 11.0. The third-order valence-electron chi connectivity index (χ3n) is 4.12. The summed E-state index contributed by atoms with van der Waals surface area (Å²) >= 11 is 0. The standard InChI is InChI=1S/C18H33NO/c1-2-3-4-5-6-7-8-9-10-11-12-13-14-17-15-16-18(20)19-17/h13-14,17H,2-12,15-16H2,1H3,(H,19,20). The molecule has 0 aromatic rings. The van der Waals surface area contributed by atoms with Crippen LogP contribution < -0.4 is 5.32 Å². The number of nitrogens with one attached hydrogen (secondary N) is 1. The number of hydrogen-bond donors (Lipinski definition) is 1. The normalized spacial score (nSPS) is 18.9. The molecule has 0 aromatic carbocycles. The fraction of sp³-hybridized carbons (Fsp3) is 0.833. The van der Waals surface area contributed by atoms with Crippen LogP contribution in [0.25, 0.3) is 0 Å². The van der Waals surface area contributed by atoms with Gasteiger partial charge in [-0.15, -0.1) is 0 Å². The minimum Gasteiger partial charge on any atom is -0.350 e. The smallest absolute Gasteiger partial charge is 0.220 e. The van der Waals surface area contributed by atoms with E-state index in [0.717, 1.165) is 6.42 Å². The summed E-state index contributed by atoms with van der Waals surface area (Å²) in [6, 6.07) is 0.311. The monoisotopic (exact) mass is 279 g/mol. The predicted molar refractivity (Wildman–Crippen MR) is 86.8 cm³/mol. The molecule has 1 rings (SSSR count). The van der Waals surface area contributed by atoms with E-state index in [4.69, 9.17) is 0 Å². The summed E-state index contributed by atoms with van der Waals surface area (Å²) < 4.78 is 0. The van der Waals surface area contributed by atoms with Crippen LogP contribution in [0.1, 0.15) is 90.4 Å². The lowest BCUT2D eigenvalue weighted by molar-refractivity contribution is -0.119. The highest BCUT2D eigenvalue weighted by atomic mass is 16.1. The molecule has 0 bridgehead atoms. The maximum Gasteiger partial charge on any atom is 0.220 e. The molecule has 1 amide bonds. The van der Waals surface area contributed by atoms with Gasteiger partial charge in [-0.3, -0.25) is 4.79 Å². The molecule has 20 heavy (non-hydrogen) atoms. The van der Waals surface area contributed by atoms with Crippen LogP contribution in [0, 0.1) is 0 Å². The molecule has 116 valence electrons. The van der Waals surface area contributed by atoms with Crippen LogP contribution >= 0.6 is 0 Å². The molecule has 0 spiro atoms. The number of amides is 1. The Labute approximate surface area is 125 Å². The number of allylic oxidation sites excluding steroid dienone is 1. The molecule has 0 radical (unpaired) electrons. The van der Waals surface area contributed by atoms with E-state index in [1.807, 2.05) is 0 Å². The quantitative estimate of drug-likeness (QED) is 0.389. The zero-order valence-electron chi connectivity index (χ0n) is 13.3. The van der Waals surface area contributed by atoms with Gasteiger partial charge < -0.3 is 5.32 Å². The van der Waals surface area contributed by atoms with E-state index in [1.165, 1.54) is 70.6 Å². The summed E-state index contributed by atoms with van der Waals surface area (Å²) in [7, 11) is 0. The second kappa shape index (κ2) is 12.0. The number of carbonyl (C=O) groups excluding carboxylic acids is 1. The van der Waals surface area contributed by atoms with Gasteiger partial charge in [-0.25, -0.2) is 0 Å². The van der Waals surface area contributed by atoms with Gasteiger partial charge in [0.1, 0.15) is 0 Å². The Morgan fingerprint density at radius 3 is 2.15 bits per heavy atom. The third-order valence-corrected chi connectivity index (χ3v) is 4.12. The van der Waals surface area contributed by atoms with Gasteiger partial charge in [-0.2, -0.15) is 0 Å². The second-order valence-electron chi connectivity index (χ2n) is 6.11. The molecule has 1 unspecified atom stereocenters. The van der Waals surface area contributed by atoms with Gasteiger partial charge in [0, 0.05) is 12.5 Å². The first-order valence-corrected chi connectivity index (χ1v) is 8.79. The van der Waals surface area contributed by atoms with Crippen molar-refractivity contribution in [3.05, 3.63) is 12.2 Å². The van der Waals surface area contributed by atoms with Gasteiger partial charge in [0.05, 0.1) is 0 Å². The molecule has 1 aliphatic heterocycles. The number of carbonyl (C=O) groups is 1. The van der Waals surface area contributed by atoms with E-state index < -0.39 is 0 Å². The summed E-state index contributed by atoms with van der Waals surface area (Å²) in [6.07, 6.45) is 21.2. The lowest BCUT2D eigenvalue weighted by atomic mass is 10.1. The minimum atomic E-state index is 0.207. The van der Waals surface area contributed by atoms with Gasteiger partial charge in [0.25, 0.3) is 0 Å². The fourth-order valence-electron chi connectivity index (χ4n) is 2.79. The summed E-state index contributed by atoms with van der Waals surface area (Å²) in [5, 5.41) is 2.97. The highest BCUT2D eigenvalue weighted by molar-refractivity contribution is 5.78. The Balaban J connectivity index is 1.78. The Hall–Kier alpha value is -0.790. The Morgan fingerprint density at radius 1 is 1.00 bits per heavy atom. The molecular formula is C18H33NO. The average Bonchev–Trinajstić information content (AvgIpc) is 2.86. The molecule has 1 atom stereocenters. The molecule has 2 heteroatoms. The number of rotatable bonds is 12. The summed E-state index contributed by atoms with van der Waals surface area (Å²) in [6.45, 7) is 2.27. The predicted octanol–water partition coefficient (Wildman–Crippen LogP) is 5.13. The second-order valence-corrected chi connectivity index (χ2v) is 6.11. The molecule has 1 N–H and O–H groups in total. The first-order chi connectivity index (χ1) is 9.83. The molecule has 1 heterocycles. The van der Waals surface area contributed by atoms with E-state index in [1.54, 1.807) is 0 Å². The third kappa shape index (κ3) is 9.17. The molecule has 1 fully saturated rings. The first kappa shape index (κ1) is 17.3. The van der Waals surface area contributed by atoms with Crippen molar-refractivity contribution in [2.24, 2.45) is 0 Å². The fourth-order valence-corrected chi connectivity index (χ4v) is 2.79. The molecule has 2 nitrogen and oxygen atoms in total. The number of unbranched alkanes of at least 4 members (excludes halogenated alkanes) is 10. The zero-order chi connectivity index (χ0) is 14.5. The zero-order valence-corrected chi connectivity index (χ0v) is 13.3. The molecule has 0 saturated carbocycles. The van der Waals surface area contributed by atoms with Crippen molar-refractivity contribution in [2.45, 2.75) is 96.4 Å². The van der Waals surface area contributed by atoms with E-state index in [2.05, 4.69) is 24.4 Å². The van der Waals surface area contributed by atoms with Crippen molar-refractivity contribution in [1.29, 1.82) is 0 Å². The van der Waals surface area contributed by atoms with Crippen LogP contribution in [-0.4, -0.2) is 11.9 Å². The van der Waals surface area contributed by atoms with Gasteiger partial charge in [-0.05, 0) is 19.3 Å². The SMILES string of the molecule is CCCCCCCCCCCCC=CC1CCC(=O)N1. The van der Waals surface area contributed by atoms with E-state index >= 15 is 0 Å². The van der Waals surface area contributed by atoms with E-state index in [0.29, 0.717) is 12.5 Å². The summed E-state index contributed by atoms with van der Waals surface area (Å²) in [5.74, 6) is 0.207. The molecule has 0 aromatic heterocycles. The van der Waals surface area contributed by atoms with Crippen molar-refractivity contribution in [3.8, 4) is 0 Å². The average molecular weight is 279 g/mol. The number of hydrogen-bond acceptors (Lipinski definition) is 1. The van der Waals surface area contributed by atoms with Crippen molar-refractivity contribution < 1.29 is 4.79 Å². The van der Waals surface area contributed by atoms with Crippen LogP contribution in [-0.2, 0) is 4.79 Å². The lowest BCUT2D eigenvalue weighted by Crippen LogP contribution is -2.22. The first-order valence-electron chi connectivity index (χ1n) is 8.79. The Morgan fingerprint density at radius 2 is 1.60 bits per heavy atom. The van der Waals surface area contributed by atoms with Gasteiger partial charge in [0.15, 0.2) is 0 Å². The summed E-state index contributed by atoms with van der Waals surface area (Å²) in [4.78, 5) is 11.0. The molecule has 1 saturated heterocycles. The Bertz CT molecular complexity index is 273. The highest BCUT2D eigenvalue weighted by Crippen LogP contribution is 2.12. The minimum absolute atomic E-state index is 0.207. The van der Waals surface area contributed by atoms with Crippen molar-refractivity contribution in [3.63, 3.8) is 0 Å². The lowest BCUT2D eigenvalue weighted by Gasteiger charge is -2.03. The van der Waals surface area contributed by atoms with E-state index in [9.17, 15) is 4.79 Å². The Kier molecular flexibility index (Phi) is 10.3. The van der Waals surface area contributed by atoms with Crippen molar-refractivity contribution >= 4 is 5.91 Å². The van der Waals surface area contributed by atoms with E-state index in [-0.39, 0.29) is 5.91 Å². The van der Waals surface area contributed by atoms with Gasteiger partial charge >= 0.3 is 0 Å². The molecule has 1 aliphatic rings. The molecule has 0 aliphatic carbocycles. The van der Waals surface area contributed by atoms with Crippen molar-refractivity contribution in [1.82, 2.24) is 5.32 Å². The summed E-state index contributed by atoms with van der Waals surface area (Å²) in [5.41, 5.74) is 0. The van der Waals surface area contributed by atoms with Gasteiger partial charge in [0.2, 0.25) is 5.91 Å². The molecular weight excluding hydrogens is 246 g/mol. The van der Waals surface area contributed by atoms with Crippen LogP contribution in [0.5, 0.6) is 0 Å². The highest BCUT2D eigenvalue weighted by Gasteiger charge is 2.17. The van der Waals surface area contributed by atoms with Gasteiger partial charge in [-0.1, -0.05) is 76.9 Å². The van der Waals surface area contributed by atoms with Crippen molar-refractivity contribution in [2.75, 3.05) is 0 Å². The van der Waals surface area contributed by atoms with Crippen LogP contribution in [0.15, 0.2) is 12.2 Å². The topological polar surface area (TPSA) is 29.1 Å². The largest absolute Gasteiger partial charge is 0.350 e. The van der Waals surface area contributed by atoms with Crippen LogP contribution in [0.2, 0.25) is 0 Å². The van der Waals surface area contributed by atoms with Crippen LogP contribution in [0.3, 0.4) is 0 Å². The van der Waals surface area contributed by atoms with Crippen LogP contribution in [0.4, 0.5) is 0 Å².